The third-order valence-electron chi connectivity index (χ3n) is 2.55. The Morgan fingerprint density at radius 3 is 2.56 bits per heavy atom. The van der Waals surface area contributed by atoms with Crippen LogP contribution in [-0.2, 0) is 16.0 Å². The second-order valence-electron chi connectivity index (χ2n) is 3.93. The minimum absolute atomic E-state index is 0.147. The van der Waals surface area contributed by atoms with Crippen LogP contribution >= 0.6 is 11.6 Å². The molecule has 3 heteroatoms. The standard InChI is InChI=1S/C13H17ClO2/c1-10(16-2)3-8-13(15)9-11-4-6-12(14)7-5-11/h4-7,10H,3,8-9H2,1-2H3. The van der Waals surface area contributed by atoms with E-state index in [1.807, 2.05) is 31.2 Å². The minimum atomic E-state index is 0.147. The molecule has 1 aromatic carbocycles. The summed E-state index contributed by atoms with van der Waals surface area (Å²) in [5.74, 6) is 0.242. The molecule has 1 atom stereocenters. The first-order valence-electron chi connectivity index (χ1n) is 5.40. The van der Waals surface area contributed by atoms with Gasteiger partial charge in [0.2, 0.25) is 0 Å². The van der Waals surface area contributed by atoms with Gasteiger partial charge in [0.1, 0.15) is 5.78 Å². The van der Waals surface area contributed by atoms with Crippen LogP contribution in [0, 0.1) is 0 Å². The highest BCUT2D eigenvalue weighted by Gasteiger charge is 2.06. The van der Waals surface area contributed by atoms with Gasteiger partial charge in [-0.25, -0.2) is 0 Å². The summed E-state index contributed by atoms with van der Waals surface area (Å²) in [6.45, 7) is 1.97. The van der Waals surface area contributed by atoms with E-state index in [-0.39, 0.29) is 11.9 Å². The van der Waals surface area contributed by atoms with E-state index >= 15 is 0 Å². The lowest BCUT2D eigenvalue weighted by molar-refractivity contribution is -0.119. The molecule has 0 aromatic heterocycles. The van der Waals surface area contributed by atoms with Crippen molar-refractivity contribution in [3.05, 3.63) is 34.9 Å². The Kier molecular flexibility index (Phi) is 5.50. The van der Waals surface area contributed by atoms with Gasteiger partial charge in [-0.05, 0) is 31.0 Å². The highest BCUT2D eigenvalue weighted by molar-refractivity contribution is 6.30. The van der Waals surface area contributed by atoms with Crippen LogP contribution in [0.25, 0.3) is 0 Å². The van der Waals surface area contributed by atoms with Gasteiger partial charge >= 0.3 is 0 Å². The van der Waals surface area contributed by atoms with Crippen molar-refractivity contribution in [1.29, 1.82) is 0 Å². The lowest BCUT2D eigenvalue weighted by Gasteiger charge is -2.08. The van der Waals surface area contributed by atoms with Crippen LogP contribution in [0.3, 0.4) is 0 Å². The molecule has 0 aliphatic heterocycles. The topological polar surface area (TPSA) is 26.3 Å². The van der Waals surface area contributed by atoms with Crippen LogP contribution in [0.4, 0.5) is 0 Å². The number of ether oxygens (including phenoxy) is 1. The van der Waals surface area contributed by atoms with Crippen LogP contribution < -0.4 is 0 Å². The van der Waals surface area contributed by atoms with E-state index in [4.69, 9.17) is 16.3 Å². The second kappa shape index (κ2) is 6.66. The summed E-state index contributed by atoms with van der Waals surface area (Å²) < 4.78 is 5.10. The molecule has 0 saturated carbocycles. The maximum atomic E-state index is 11.6. The number of Topliss-reactive ketones (excluding diaryl/α,β-unsaturated/α-hetero) is 1. The monoisotopic (exact) mass is 240 g/mol. The summed E-state index contributed by atoms with van der Waals surface area (Å²) >= 11 is 5.77. The molecule has 0 radical (unpaired) electrons. The van der Waals surface area contributed by atoms with Crippen molar-refractivity contribution in [2.45, 2.75) is 32.3 Å². The van der Waals surface area contributed by atoms with Crippen LogP contribution in [0.1, 0.15) is 25.3 Å². The molecule has 88 valence electrons. The fourth-order valence-corrected chi connectivity index (χ4v) is 1.53. The predicted octanol–water partition coefficient (Wildman–Crippen LogP) is 3.27. The molecular formula is C13H17ClO2. The smallest absolute Gasteiger partial charge is 0.137 e. The summed E-state index contributed by atoms with van der Waals surface area (Å²) in [6, 6.07) is 7.39. The molecule has 0 N–H and O–H groups in total. The van der Waals surface area contributed by atoms with E-state index in [0.717, 1.165) is 12.0 Å². The van der Waals surface area contributed by atoms with Gasteiger partial charge in [0.25, 0.3) is 0 Å². The van der Waals surface area contributed by atoms with Crippen molar-refractivity contribution < 1.29 is 9.53 Å². The molecule has 0 aliphatic rings. The first-order valence-corrected chi connectivity index (χ1v) is 5.78. The van der Waals surface area contributed by atoms with E-state index in [1.54, 1.807) is 7.11 Å². The molecule has 0 fully saturated rings. The highest BCUT2D eigenvalue weighted by atomic mass is 35.5. The number of carbonyl (C=O) groups excluding carboxylic acids is 1. The Morgan fingerprint density at radius 1 is 1.38 bits per heavy atom. The van der Waals surface area contributed by atoms with Crippen molar-refractivity contribution in [2.75, 3.05) is 7.11 Å². The van der Waals surface area contributed by atoms with Gasteiger partial charge in [0.05, 0.1) is 6.10 Å². The molecule has 1 rings (SSSR count). The summed E-state index contributed by atoms with van der Waals surface area (Å²) in [5, 5.41) is 0.698. The number of methoxy groups -OCH3 is 1. The molecule has 0 heterocycles. The molecule has 0 bridgehead atoms. The average Bonchev–Trinajstić information content (AvgIpc) is 2.29. The van der Waals surface area contributed by atoms with Crippen LogP contribution in [-0.4, -0.2) is 19.0 Å². The number of ketones is 1. The van der Waals surface area contributed by atoms with Gasteiger partial charge in [-0.2, -0.15) is 0 Å². The summed E-state index contributed by atoms with van der Waals surface area (Å²) in [7, 11) is 1.66. The molecule has 0 amide bonds. The van der Waals surface area contributed by atoms with Gasteiger partial charge in [-0.1, -0.05) is 23.7 Å². The molecule has 0 spiro atoms. The third kappa shape index (κ3) is 4.77. The summed E-state index contributed by atoms with van der Waals surface area (Å²) in [6.07, 6.45) is 1.97. The van der Waals surface area contributed by atoms with Crippen LogP contribution in [0.2, 0.25) is 5.02 Å². The summed E-state index contributed by atoms with van der Waals surface area (Å²) in [4.78, 5) is 11.6. The largest absolute Gasteiger partial charge is 0.382 e. The molecular weight excluding hydrogens is 224 g/mol. The van der Waals surface area contributed by atoms with Crippen molar-refractivity contribution in [3.63, 3.8) is 0 Å². The van der Waals surface area contributed by atoms with Crippen LogP contribution in [0.15, 0.2) is 24.3 Å². The van der Waals surface area contributed by atoms with Crippen molar-refractivity contribution in [2.24, 2.45) is 0 Å². The zero-order valence-electron chi connectivity index (χ0n) is 9.70. The highest BCUT2D eigenvalue weighted by Crippen LogP contribution is 2.11. The number of hydrogen-bond donors (Lipinski definition) is 0. The van der Waals surface area contributed by atoms with E-state index in [0.29, 0.717) is 17.9 Å². The zero-order chi connectivity index (χ0) is 12.0. The number of rotatable bonds is 6. The average molecular weight is 241 g/mol. The minimum Gasteiger partial charge on any atom is -0.382 e. The maximum Gasteiger partial charge on any atom is 0.137 e. The van der Waals surface area contributed by atoms with E-state index in [1.165, 1.54) is 0 Å². The fourth-order valence-electron chi connectivity index (χ4n) is 1.40. The SMILES string of the molecule is COC(C)CCC(=O)Cc1ccc(Cl)cc1. The van der Waals surface area contributed by atoms with Crippen LogP contribution in [0.5, 0.6) is 0 Å². The van der Waals surface area contributed by atoms with Crippen molar-refractivity contribution in [3.8, 4) is 0 Å². The normalized spacial score (nSPS) is 12.4. The predicted molar refractivity (Wildman–Crippen MR) is 65.9 cm³/mol. The van der Waals surface area contributed by atoms with E-state index < -0.39 is 0 Å². The Balaban J connectivity index is 2.37. The second-order valence-corrected chi connectivity index (χ2v) is 4.36. The molecule has 16 heavy (non-hydrogen) atoms. The number of hydrogen-bond acceptors (Lipinski definition) is 2. The Bertz CT molecular complexity index is 332. The molecule has 2 nitrogen and oxygen atoms in total. The van der Waals surface area contributed by atoms with E-state index in [2.05, 4.69) is 0 Å². The Hall–Kier alpha value is -0.860. The lowest BCUT2D eigenvalue weighted by Crippen LogP contribution is -2.10. The van der Waals surface area contributed by atoms with E-state index in [9.17, 15) is 4.79 Å². The molecule has 1 aromatic rings. The van der Waals surface area contributed by atoms with Gasteiger partial charge in [-0.3, -0.25) is 4.79 Å². The Morgan fingerprint density at radius 2 is 2.00 bits per heavy atom. The number of carbonyl (C=O) groups is 1. The van der Waals surface area contributed by atoms with Crippen molar-refractivity contribution >= 4 is 17.4 Å². The van der Waals surface area contributed by atoms with Gasteiger partial charge in [0.15, 0.2) is 0 Å². The van der Waals surface area contributed by atoms with Crippen molar-refractivity contribution in [1.82, 2.24) is 0 Å². The fraction of sp³-hybridized carbons (Fsp3) is 0.462. The van der Waals surface area contributed by atoms with Gasteiger partial charge < -0.3 is 4.74 Å². The van der Waals surface area contributed by atoms with Gasteiger partial charge in [0, 0.05) is 25.0 Å². The third-order valence-corrected chi connectivity index (χ3v) is 2.80. The Labute approximate surface area is 102 Å². The molecule has 1 unspecified atom stereocenters. The lowest BCUT2D eigenvalue weighted by atomic mass is 10.0. The maximum absolute atomic E-state index is 11.6. The summed E-state index contributed by atoms with van der Waals surface area (Å²) in [5.41, 5.74) is 1.01. The number of benzene rings is 1. The first kappa shape index (κ1) is 13.2. The quantitative estimate of drug-likeness (QED) is 0.763. The molecule has 0 aliphatic carbocycles. The van der Waals surface area contributed by atoms with Gasteiger partial charge in [-0.15, -0.1) is 0 Å². The number of halogens is 1. The zero-order valence-corrected chi connectivity index (χ0v) is 10.5. The molecule has 0 saturated heterocycles. The first-order chi connectivity index (χ1) is 7.61.